The van der Waals surface area contributed by atoms with Crippen molar-refractivity contribution in [2.75, 3.05) is 19.7 Å². The molecule has 0 bridgehead atoms. The van der Waals surface area contributed by atoms with Gasteiger partial charge in [-0.25, -0.2) is 0 Å². The Labute approximate surface area is 135 Å². The van der Waals surface area contributed by atoms with Gasteiger partial charge < -0.3 is 14.7 Å². The number of fused-ring (bicyclic) bond motifs is 1. The number of carbonyl (C=O) groups excluding carboxylic acids is 1. The average Bonchev–Trinajstić information content (AvgIpc) is 3.31. The van der Waals surface area contributed by atoms with Crippen LogP contribution in [0.2, 0.25) is 0 Å². The fraction of sp³-hybridized carbons (Fsp3) is 0.556. The Kier molecular flexibility index (Phi) is 3.51. The SMILES string of the molecule is O=C(O)[C@H]1CN(C(=O)C2COc3ccccc3C2)C[C@@H]1C1CC1. The van der Waals surface area contributed by atoms with Gasteiger partial charge in [0.05, 0.1) is 11.8 Å². The van der Waals surface area contributed by atoms with E-state index in [9.17, 15) is 14.7 Å². The Balaban J connectivity index is 1.46. The van der Waals surface area contributed by atoms with E-state index in [0.29, 0.717) is 32.0 Å². The van der Waals surface area contributed by atoms with E-state index in [2.05, 4.69) is 0 Å². The van der Waals surface area contributed by atoms with E-state index >= 15 is 0 Å². The number of aliphatic carboxylic acids is 1. The lowest BCUT2D eigenvalue weighted by atomic mass is 9.92. The van der Waals surface area contributed by atoms with E-state index in [4.69, 9.17) is 4.74 Å². The number of carbonyl (C=O) groups is 2. The molecular weight excluding hydrogens is 294 g/mol. The Bertz CT molecular complexity index is 640. The average molecular weight is 315 g/mol. The molecule has 1 saturated heterocycles. The van der Waals surface area contributed by atoms with Crippen molar-refractivity contribution in [3.8, 4) is 5.75 Å². The second kappa shape index (κ2) is 5.55. The summed E-state index contributed by atoms with van der Waals surface area (Å²) in [6.07, 6.45) is 2.89. The van der Waals surface area contributed by atoms with Crippen LogP contribution in [0.1, 0.15) is 18.4 Å². The number of likely N-dealkylation sites (tertiary alicyclic amines) is 1. The maximum atomic E-state index is 12.8. The van der Waals surface area contributed by atoms with E-state index in [1.165, 1.54) is 0 Å². The number of carboxylic acid groups (broad SMARTS) is 1. The quantitative estimate of drug-likeness (QED) is 0.924. The number of carboxylic acids is 1. The van der Waals surface area contributed by atoms with Crippen molar-refractivity contribution in [3.63, 3.8) is 0 Å². The largest absolute Gasteiger partial charge is 0.492 e. The molecule has 3 aliphatic rings. The van der Waals surface area contributed by atoms with Gasteiger partial charge in [-0.15, -0.1) is 0 Å². The number of benzene rings is 1. The molecule has 0 spiro atoms. The van der Waals surface area contributed by atoms with Crippen LogP contribution in [0.4, 0.5) is 0 Å². The molecule has 1 N–H and O–H groups in total. The first kappa shape index (κ1) is 14.5. The van der Waals surface area contributed by atoms with Crippen molar-refractivity contribution < 1.29 is 19.4 Å². The third kappa shape index (κ3) is 2.69. The first-order chi connectivity index (χ1) is 11.1. The first-order valence-electron chi connectivity index (χ1n) is 8.36. The molecule has 1 saturated carbocycles. The second-order valence-electron chi connectivity index (χ2n) is 7.01. The number of hydrogen-bond acceptors (Lipinski definition) is 3. The lowest BCUT2D eigenvalue weighted by molar-refractivity contribution is -0.143. The Morgan fingerprint density at radius 2 is 1.96 bits per heavy atom. The van der Waals surface area contributed by atoms with Crippen molar-refractivity contribution in [3.05, 3.63) is 29.8 Å². The number of nitrogens with zero attached hydrogens (tertiary/aromatic N) is 1. The van der Waals surface area contributed by atoms with Gasteiger partial charge in [0, 0.05) is 13.1 Å². The maximum absolute atomic E-state index is 12.8. The van der Waals surface area contributed by atoms with E-state index < -0.39 is 11.9 Å². The van der Waals surface area contributed by atoms with E-state index in [0.717, 1.165) is 24.2 Å². The monoisotopic (exact) mass is 315 g/mol. The van der Waals surface area contributed by atoms with Gasteiger partial charge in [0.2, 0.25) is 5.91 Å². The zero-order chi connectivity index (χ0) is 16.0. The summed E-state index contributed by atoms with van der Waals surface area (Å²) in [5.41, 5.74) is 1.06. The van der Waals surface area contributed by atoms with Gasteiger partial charge in [-0.2, -0.15) is 0 Å². The molecule has 2 heterocycles. The van der Waals surface area contributed by atoms with Gasteiger partial charge in [-0.05, 0) is 42.7 Å². The van der Waals surface area contributed by atoms with E-state index in [-0.39, 0.29) is 17.7 Å². The molecular formula is C18H21NO4. The van der Waals surface area contributed by atoms with Crippen LogP contribution in [0.25, 0.3) is 0 Å². The topological polar surface area (TPSA) is 66.8 Å². The molecule has 4 rings (SSSR count). The molecule has 1 aliphatic carbocycles. The number of ether oxygens (including phenoxy) is 1. The van der Waals surface area contributed by atoms with Crippen LogP contribution in [-0.4, -0.2) is 41.6 Å². The predicted molar refractivity (Wildman–Crippen MR) is 83.1 cm³/mol. The lowest BCUT2D eigenvalue weighted by Crippen LogP contribution is -2.40. The lowest BCUT2D eigenvalue weighted by Gasteiger charge is -2.28. The number of para-hydroxylation sites is 1. The van der Waals surface area contributed by atoms with Gasteiger partial charge >= 0.3 is 5.97 Å². The molecule has 1 unspecified atom stereocenters. The van der Waals surface area contributed by atoms with Crippen LogP contribution in [-0.2, 0) is 16.0 Å². The molecule has 5 nitrogen and oxygen atoms in total. The summed E-state index contributed by atoms with van der Waals surface area (Å²) in [6.45, 7) is 1.34. The van der Waals surface area contributed by atoms with Crippen LogP contribution < -0.4 is 4.74 Å². The van der Waals surface area contributed by atoms with Crippen LogP contribution in [0, 0.1) is 23.7 Å². The molecule has 1 aromatic carbocycles. The highest BCUT2D eigenvalue weighted by atomic mass is 16.5. The fourth-order valence-electron chi connectivity index (χ4n) is 4.02. The highest BCUT2D eigenvalue weighted by Gasteiger charge is 2.47. The van der Waals surface area contributed by atoms with Crippen molar-refractivity contribution in [1.82, 2.24) is 4.90 Å². The summed E-state index contributed by atoms with van der Waals surface area (Å²) in [6, 6.07) is 7.80. The molecule has 2 fully saturated rings. The zero-order valence-corrected chi connectivity index (χ0v) is 13.0. The van der Waals surface area contributed by atoms with Gasteiger partial charge in [-0.1, -0.05) is 18.2 Å². The molecule has 0 radical (unpaired) electrons. The van der Waals surface area contributed by atoms with Crippen LogP contribution in [0.15, 0.2) is 24.3 Å². The molecule has 122 valence electrons. The Hall–Kier alpha value is -2.04. The zero-order valence-electron chi connectivity index (χ0n) is 13.0. The van der Waals surface area contributed by atoms with Crippen molar-refractivity contribution in [2.24, 2.45) is 23.7 Å². The maximum Gasteiger partial charge on any atom is 0.308 e. The van der Waals surface area contributed by atoms with Crippen molar-refractivity contribution in [2.45, 2.75) is 19.3 Å². The van der Waals surface area contributed by atoms with Crippen molar-refractivity contribution >= 4 is 11.9 Å². The summed E-state index contributed by atoms with van der Waals surface area (Å²) in [5.74, 6) is 0.180. The second-order valence-corrected chi connectivity index (χ2v) is 7.01. The van der Waals surface area contributed by atoms with Crippen LogP contribution in [0.3, 0.4) is 0 Å². The molecule has 5 heteroatoms. The molecule has 2 aliphatic heterocycles. The number of rotatable bonds is 3. The van der Waals surface area contributed by atoms with Gasteiger partial charge in [-0.3, -0.25) is 9.59 Å². The first-order valence-corrected chi connectivity index (χ1v) is 8.36. The van der Waals surface area contributed by atoms with E-state index in [1.807, 2.05) is 24.3 Å². The summed E-state index contributed by atoms with van der Waals surface area (Å²) >= 11 is 0. The fourth-order valence-corrected chi connectivity index (χ4v) is 4.02. The molecule has 23 heavy (non-hydrogen) atoms. The Morgan fingerprint density at radius 3 is 2.70 bits per heavy atom. The molecule has 1 amide bonds. The van der Waals surface area contributed by atoms with Crippen LogP contribution in [0.5, 0.6) is 5.75 Å². The summed E-state index contributed by atoms with van der Waals surface area (Å²) in [4.78, 5) is 26.1. The van der Waals surface area contributed by atoms with E-state index in [1.54, 1.807) is 4.90 Å². The van der Waals surface area contributed by atoms with Gasteiger partial charge in [0.25, 0.3) is 0 Å². The summed E-state index contributed by atoms with van der Waals surface area (Å²) < 4.78 is 5.71. The number of amides is 1. The predicted octanol–water partition coefficient (Wildman–Crippen LogP) is 1.81. The molecule has 1 aromatic rings. The minimum atomic E-state index is -0.762. The third-order valence-corrected chi connectivity index (χ3v) is 5.45. The van der Waals surface area contributed by atoms with Crippen LogP contribution >= 0.6 is 0 Å². The molecule has 3 atom stereocenters. The van der Waals surface area contributed by atoms with Crippen molar-refractivity contribution in [1.29, 1.82) is 0 Å². The third-order valence-electron chi connectivity index (χ3n) is 5.45. The van der Waals surface area contributed by atoms with Gasteiger partial charge in [0.1, 0.15) is 12.4 Å². The van der Waals surface area contributed by atoms with Gasteiger partial charge in [0.15, 0.2) is 0 Å². The standard InChI is InChI=1S/C18H21NO4/c20-17(13-7-12-3-1-2-4-16(12)23-10-13)19-8-14(11-5-6-11)15(9-19)18(21)22/h1-4,11,13-15H,5-10H2,(H,21,22)/t13?,14-,15+/m1/s1. The highest BCUT2D eigenvalue weighted by Crippen LogP contribution is 2.44. The minimum absolute atomic E-state index is 0.0499. The number of hydrogen-bond donors (Lipinski definition) is 1. The summed E-state index contributed by atoms with van der Waals surface area (Å²) in [7, 11) is 0. The normalized spacial score (nSPS) is 29.7. The molecule has 0 aromatic heterocycles. The summed E-state index contributed by atoms with van der Waals surface area (Å²) in [5, 5.41) is 9.44. The Morgan fingerprint density at radius 1 is 1.17 bits per heavy atom. The minimum Gasteiger partial charge on any atom is -0.492 e. The smallest absolute Gasteiger partial charge is 0.308 e. The highest BCUT2D eigenvalue weighted by molar-refractivity contribution is 5.81.